The predicted molar refractivity (Wildman–Crippen MR) is 78.9 cm³/mol. The monoisotopic (exact) mass is 325 g/mol. The SMILES string of the molecule is O=C(O)N[C@H]1CN(c2cc(Cl)ncn2)C[C@@H]1N1CCCC1=O. The second-order valence-corrected chi connectivity index (χ2v) is 5.81. The van der Waals surface area contributed by atoms with Crippen molar-refractivity contribution in [2.45, 2.75) is 24.9 Å². The molecule has 2 atom stereocenters. The molecule has 0 saturated carbocycles. The van der Waals surface area contributed by atoms with Gasteiger partial charge in [0.05, 0.1) is 12.1 Å². The minimum Gasteiger partial charge on any atom is -0.465 e. The van der Waals surface area contributed by atoms with Crippen molar-refractivity contribution in [3.63, 3.8) is 0 Å². The summed E-state index contributed by atoms with van der Waals surface area (Å²) in [5.74, 6) is 0.705. The van der Waals surface area contributed by atoms with E-state index in [-0.39, 0.29) is 18.0 Å². The van der Waals surface area contributed by atoms with E-state index in [1.807, 2.05) is 4.90 Å². The largest absolute Gasteiger partial charge is 0.465 e. The van der Waals surface area contributed by atoms with Crippen molar-refractivity contribution in [1.82, 2.24) is 20.2 Å². The highest BCUT2D eigenvalue weighted by Gasteiger charge is 2.41. The Balaban J connectivity index is 1.81. The molecule has 0 radical (unpaired) electrons. The normalized spacial score (nSPS) is 24.9. The van der Waals surface area contributed by atoms with Gasteiger partial charge in [-0.25, -0.2) is 14.8 Å². The van der Waals surface area contributed by atoms with Crippen LogP contribution in [0.25, 0.3) is 0 Å². The Bertz CT molecular complexity index is 599. The molecule has 0 bridgehead atoms. The lowest BCUT2D eigenvalue weighted by atomic mass is 10.1. The maximum Gasteiger partial charge on any atom is 0.405 e. The minimum atomic E-state index is -1.09. The molecule has 2 amide bonds. The van der Waals surface area contributed by atoms with Gasteiger partial charge in [-0.15, -0.1) is 0 Å². The molecule has 3 heterocycles. The third kappa shape index (κ3) is 2.92. The Morgan fingerprint density at radius 3 is 2.86 bits per heavy atom. The average molecular weight is 326 g/mol. The van der Waals surface area contributed by atoms with Crippen molar-refractivity contribution < 1.29 is 14.7 Å². The number of halogens is 1. The van der Waals surface area contributed by atoms with Crippen LogP contribution in [0, 0.1) is 0 Å². The van der Waals surface area contributed by atoms with E-state index in [0.29, 0.717) is 37.0 Å². The fraction of sp³-hybridized carbons (Fsp3) is 0.538. The van der Waals surface area contributed by atoms with Crippen molar-refractivity contribution in [3.05, 3.63) is 17.5 Å². The molecular formula is C13H16ClN5O3. The molecule has 0 spiro atoms. The molecule has 2 aliphatic rings. The number of aromatic nitrogens is 2. The average Bonchev–Trinajstić information content (AvgIpc) is 3.04. The zero-order chi connectivity index (χ0) is 15.7. The van der Waals surface area contributed by atoms with Crippen LogP contribution in [0.3, 0.4) is 0 Å². The van der Waals surface area contributed by atoms with Crippen LogP contribution in [-0.4, -0.2) is 63.7 Å². The standard InChI is InChI=1S/C13H16ClN5O3/c14-10-4-11(16-7-15-10)18-5-8(17-13(21)22)9(6-18)19-3-1-2-12(19)20/h4,7-9,17H,1-3,5-6H2,(H,21,22)/t8-,9-/m0/s1. The van der Waals surface area contributed by atoms with E-state index >= 15 is 0 Å². The van der Waals surface area contributed by atoms with Gasteiger partial charge in [0.1, 0.15) is 17.3 Å². The number of amides is 2. The molecule has 8 nitrogen and oxygen atoms in total. The minimum absolute atomic E-state index is 0.0739. The van der Waals surface area contributed by atoms with Gasteiger partial charge in [-0.05, 0) is 6.42 Å². The van der Waals surface area contributed by atoms with Gasteiger partial charge in [0, 0.05) is 32.1 Å². The number of hydrogen-bond acceptors (Lipinski definition) is 5. The number of nitrogens with one attached hydrogen (secondary N) is 1. The molecule has 0 aliphatic carbocycles. The molecule has 3 rings (SSSR count). The van der Waals surface area contributed by atoms with Crippen molar-refractivity contribution in [2.75, 3.05) is 24.5 Å². The molecule has 118 valence electrons. The summed E-state index contributed by atoms with van der Waals surface area (Å²) >= 11 is 5.88. The van der Waals surface area contributed by atoms with Crippen molar-refractivity contribution in [1.29, 1.82) is 0 Å². The van der Waals surface area contributed by atoms with Crippen molar-refractivity contribution >= 4 is 29.4 Å². The van der Waals surface area contributed by atoms with Crippen LogP contribution in [0.1, 0.15) is 12.8 Å². The van der Waals surface area contributed by atoms with Crippen LogP contribution in [0.15, 0.2) is 12.4 Å². The number of carboxylic acid groups (broad SMARTS) is 1. The molecular weight excluding hydrogens is 310 g/mol. The highest BCUT2D eigenvalue weighted by atomic mass is 35.5. The van der Waals surface area contributed by atoms with Crippen molar-refractivity contribution in [2.24, 2.45) is 0 Å². The molecule has 2 saturated heterocycles. The Hall–Kier alpha value is -2.09. The van der Waals surface area contributed by atoms with Crippen LogP contribution >= 0.6 is 11.6 Å². The molecule has 2 fully saturated rings. The number of hydrogen-bond donors (Lipinski definition) is 2. The zero-order valence-electron chi connectivity index (χ0n) is 11.8. The third-order valence-electron chi connectivity index (χ3n) is 4.05. The second-order valence-electron chi connectivity index (χ2n) is 5.42. The van der Waals surface area contributed by atoms with Gasteiger partial charge in [0.25, 0.3) is 0 Å². The quantitative estimate of drug-likeness (QED) is 0.789. The van der Waals surface area contributed by atoms with Crippen LogP contribution in [0.4, 0.5) is 10.6 Å². The summed E-state index contributed by atoms with van der Waals surface area (Å²) in [5, 5.41) is 11.9. The smallest absolute Gasteiger partial charge is 0.405 e. The Labute approximate surface area is 132 Å². The molecule has 9 heteroatoms. The van der Waals surface area contributed by atoms with E-state index in [2.05, 4.69) is 15.3 Å². The van der Waals surface area contributed by atoms with E-state index in [1.54, 1.807) is 11.0 Å². The third-order valence-corrected chi connectivity index (χ3v) is 4.26. The van der Waals surface area contributed by atoms with Crippen LogP contribution in [-0.2, 0) is 4.79 Å². The highest BCUT2D eigenvalue weighted by molar-refractivity contribution is 6.29. The number of carbonyl (C=O) groups is 2. The number of carbonyl (C=O) groups excluding carboxylic acids is 1. The molecule has 22 heavy (non-hydrogen) atoms. The molecule has 1 aromatic rings. The first kappa shape index (κ1) is 14.8. The fourth-order valence-electron chi connectivity index (χ4n) is 3.11. The summed E-state index contributed by atoms with van der Waals surface area (Å²) in [6.07, 6.45) is 1.61. The van der Waals surface area contributed by atoms with Crippen LogP contribution in [0.2, 0.25) is 5.15 Å². The summed E-state index contributed by atoms with van der Waals surface area (Å²) in [6.45, 7) is 1.62. The predicted octanol–water partition coefficient (Wildman–Crippen LogP) is 0.577. The molecule has 0 aromatic carbocycles. The fourth-order valence-corrected chi connectivity index (χ4v) is 3.25. The van der Waals surface area contributed by atoms with E-state index < -0.39 is 6.09 Å². The first-order valence-corrected chi connectivity index (χ1v) is 7.44. The van der Waals surface area contributed by atoms with E-state index in [4.69, 9.17) is 16.7 Å². The Kier molecular flexibility index (Phi) is 4.02. The van der Waals surface area contributed by atoms with Gasteiger partial charge < -0.3 is 20.2 Å². The first-order chi connectivity index (χ1) is 10.5. The first-order valence-electron chi connectivity index (χ1n) is 7.06. The highest BCUT2D eigenvalue weighted by Crippen LogP contribution is 2.26. The molecule has 2 aliphatic heterocycles. The van der Waals surface area contributed by atoms with E-state index in [9.17, 15) is 9.59 Å². The van der Waals surface area contributed by atoms with Crippen LogP contribution in [0.5, 0.6) is 0 Å². The topological polar surface area (TPSA) is 98.7 Å². The Morgan fingerprint density at radius 2 is 2.23 bits per heavy atom. The molecule has 0 unspecified atom stereocenters. The summed E-state index contributed by atoms with van der Waals surface area (Å²) in [7, 11) is 0. The van der Waals surface area contributed by atoms with E-state index in [1.165, 1.54) is 6.33 Å². The van der Waals surface area contributed by atoms with Crippen molar-refractivity contribution in [3.8, 4) is 0 Å². The second kappa shape index (κ2) is 5.96. The number of rotatable bonds is 3. The summed E-state index contributed by atoms with van der Waals surface area (Å²) in [4.78, 5) is 34.7. The lowest BCUT2D eigenvalue weighted by molar-refractivity contribution is -0.129. The molecule has 2 N–H and O–H groups in total. The lowest BCUT2D eigenvalue weighted by Crippen LogP contribution is -2.51. The number of anilines is 1. The van der Waals surface area contributed by atoms with Gasteiger partial charge in [0.2, 0.25) is 5.91 Å². The summed E-state index contributed by atoms with van der Waals surface area (Å²) < 4.78 is 0. The summed E-state index contributed by atoms with van der Waals surface area (Å²) in [5.41, 5.74) is 0. The molecule has 1 aromatic heterocycles. The van der Waals surface area contributed by atoms with Gasteiger partial charge in [-0.3, -0.25) is 4.79 Å². The van der Waals surface area contributed by atoms with Gasteiger partial charge >= 0.3 is 6.09 Å². The number of nitrogens with zero attached hydrogens (tertiary/aromatic N) is 4. The van der Waals surface area contributed by atoms with Gasteiger partial charge in [-0.2, -0.15) is 0 Å². The lowest BCUT2D eigenvalue weighted by Gasteiger charge is -2.28. The summed E-state index contributed by atoms with van der Waals surface area (Å²) in [6, 6.07) is 1.08. The van der Waals surface area contributed by atoms with Gasteiger partial charge in [-0.1, -0.05) is 11.6 Å². The Morgan fingerprint density at radius 1 is 1.41 bits per heavy atom. The zero-order valence-corrected chi connectivity index (χ0v) is 12.5. The van der Waals surface area contributed by atoms with Crippen LogP contribution < -0.4 is 10.2 Å². The van der Waals surface area contributed by atoms with E-state index in [0.717, 1.165) is 6.42 Å². The van der Waals surface area contributed by atoms with Gasteiger partial charge in [0.15, 0.2) is 0 Å². The maximum absolute atomic E-state index is 12.0. The maximum atomic E-state index is 12.0. The number of likely N-dealkylation sites (tertiary alicyclic amines) is 1.